The molecular weight excluding hydrogens is 254 g/mol. The quantitative estimate of drug-likeness (QED) is 0.589. The van der Waals surface area contributed by atoms with E-state index in [4.69, 9.17) is 4.74 Å². The van der Waals surface area contributed by atoms with Crippen LogP contribution in [0.4, 0.5) is 5.82 Å². The van der Waals surface area contributed by atoms with Crippen LogP contribution in [0.25, 0.3) is 0 Å². The Labute approximate surface area is 120 Å². The van der Waals surface area contributed by atoms with E-state index in [0.29, 0.717) is 19.8 Å². The van der Waals surface area contributed by atoms with E-state index in [2.05, 4.69) is 21.4 Å². The van der Waals surface area contributed by atoms with E-state index >= 15 is 0 Å². The highest BCUT2D eigenvalue weighted by atomic mass is 16.5. The van der Waals surface area contributed by atoms with Gasteiger partial charge in [-0.05, 0) is 12.1 Å². The summed E-state index contributed by atoms with van der Waals surface area (Å²) < 4.78 is 5.26. The number of β-amino-alcohol motifs (C(OH)–C–C–N with tert-alkyl or cyclic N) is 1. The molecule has 5 heteroatoms. The normalized spacial score (nSPS) is 17.9. The van der Waals surface area contributed by atoms with Crippen LogP contribution in [-0.4, -0.2) is 67.0 Å². The van der Waals surface area contributed by atoms with E-state index < -0.39 is 6.10 Å². The third-order valence-corrected chi connectivity index (χ3v) is 3.36. The van der Waals surface area contributed by atoms with Crippen molar-refractivity contribution in [1.29, 1.82) is 0 Å². The fraction of sp³-hybridized carbons (Fsp3) is 0.533. The molecule has 110 valence electrons. The Morgan fingerprint density at radius 1 is 1.35 bits per heavy atom. The Kier molecular flexibility index (Phi) is 5.98. The maximum Gasteiger partial charge on any atom is 0.128 e. The van der Waals surface area contributed by atoms with Crippen molar-refractivity contribution in [1.82, 2.24) is 9.88 Å². The summed E-state index contributed by atoms with van der Waals surface area (Å²) in [4.78, 5) is 8.91. The number of rotatable bonds is 7. The summed E-state index contributed by atoms with van der Waals surface area (Å²) >= 11 is 0. The number of hydrogen-bond donors (Lipinski definition) is 1. The number of aliphatic hydroxyl groups excluding tert-OH is 1. The van der Waals surface area contributed by atoms with Crippen molar-refractivity contribution in [2.24, 2.45) is 0 Å². The molecule has 0 aromatic carbocycles. The highest BCUT2D eigenvalue weighted by Crippen LogP contribution is 2.12. The van der Waals surface area contributed by atoms with Gasteiger partial charge < -0.3 is 14.7 Å². The Hall–Kier alpha value is -1.43. The number of hydrogen-bond acceptors (Lipinski definition) is 5. The van der Waals surface area contributed by atoms with Crippen LogP contribution in [0, 0.1) is 0 Å². The van der Waals surface area contributed by atoms with Crippen LogP contribution >= 0.6 is 0 Å². The van der Waals surface area contributed by atoms with Gasteiger partial charge in [-0.1, -0.05) is 12.1 Å². The van der Waals surface area contributed by atoms with Crippen LogP contribution in [0.3, 0.4) is 0 Å². The molecule has 0 radical (unpaired) electrons. The largest absolute Gasteiger partial charge is 0.389 e. The number of aromatic nitrogens is 1. The smallest absolute Gasteiger partial charge is 0.128 e. The molecule has 1 saturated heterocycles. The van der Waals surface area contributed by atoms with E-state index in [1.807, 2.05) is 24.4 Å². The van der Waals surface area contributed by atoms with Crippen LogP contribution in [0.5, 0.6) is 0 Å². The Bertz CT molecular complexity index is 391. The van der Waals surface area contributed by atoms with Gasteiger partial charge in [0.05, 0.1) is 19.3 Å². The van der Waals surface area contributed by atoms with Crippen molar-refractivity contribution in [3.63, 3.8) is 0 Å². The van der Waals surface area contributed by atoms with Gasteiger partial charge in [-0.25, -0.2) is 4.98 Å². The summed E-state index contributed by atoms with van der Waals surface area (Å²) in [6.07, 6.45) is 3.08. The van der Waals surface area contributed by atoms with E-state index in [9.17, 15) is 5.11 Å². The van der Waals surface area contributed by atoms with Gasteiger partial charge >= 0.3 is 0 Å². The third kappa shape index (κ3) is 4.59. The molecule has 0 saturated carbocycles. The van der Waals surface area contributed by atoms with Gasteiger partial charge in [0.1, 0.15) is 5.82 Å². The molecule has 1 aromatic heterocycles. The molecule has 2 rings (SSSR count). The molecule has 1 atom stereocenters. The molecule has 1 aromatic rings. The van der Waals surface area contributed by atoms with Crippen molar-refractivity contribution in [2.45, 2.75) is 6.10 Å². The summed E-state index contributed by atoms with van der Waals surface area (Å²) in [7, 11) is 0. The van der Waals surface area contributed by atoms with Crippen molar-refractivity contribution in [2.75, 3.05) is 50.8 Å². The Morgan fingerprint density at radius 2 is 2.15 bits per heavy atom. The zero-order valence-corrected chi connectivity index (χ0v) is 11.8. The zero-order chi connectivity index (χ0) is 14.2. The molecule has 2 heterocycles. The van der Waals surface area contributed by atoms with Gasteiger partial charge in [0, 0.05) is 38.9 Å². The molecule has 0 aliphatic carbocycles. The molecule has 0 bridgehead atoms. The van der Waals surface area contributed by atoms with Crippen LogP contribution < -0.4 is 4.90 Å². The van der Waals surface area contributed by atoms with Crippen LogP contribution in [0.1, 0.15) is 0 Å². The maximum atomic E-state index is 9.88. The highest BCUT2D eigenvalue weighted by Gasteiger charge is 2.19. The second-order valence-corrected chi connectivity index (χ2v) is 4.96. The van der Waals surface area contributed by atoms with E-state index in [0.717, 1.165) is 32.0 Å². The van der Waals surface area contributed by atoms with Crippen molar-refractivity contribution < 1.29 is 9.84 Å². The van der Waals surface area contributed by atoms with E-state index in [1.54, 1.807) is 6.08 Å². The monoisotopic (exact) mass is 277 g/mol. The lowest BCUT2D eigenvalue weighted by atomic mass is 10.2. The SMILES string of the molecule is C=CCOCC(O)CN1CCN(c2ccccn2)CC1. The summed E-state index contributed by atoms with van der Waals surface area (Å²) in [6, 6.07) is 5.97. The average Bonchev–Trinajstić information content (AvgIpc) is 2.49. The van der Waals surface area contributed by atoms with E-state index in [-0.39, 0.29) is 0 Å². The molecule has 1 aliphatic heterocycles. The number of pyridine rings is 1. The van der Waals surface area contributed by atoms with Gasteiger partial charge in [0.25, 0.3) is 0 Å². The fourth-order valence-corrected chi connectivity index (χ4v) is 2.34. The molecule has 5 nitrogen and oxygen atoms in total. The number of piperazine rings is 1. The first-order chi connectivity index (χ1) is 9.79. The number of ether oxygens (including phenoxy) is 1. The topological polar surface area (TPSA) is 48.8 Å². The first-order valence-corrected chi connectivity index (χ1v) is 7.04. The first-order valence-electron chi connectivity index (χ1n) is 7.04. The van der Waals surface area contributed by atoms with Crippen molar-refractivity contribution >= 4 is 5.82 Å². The van der Waals surface area contributed by atoms with Gasteiger partial charge in [-0.15, -0.1) is 6.58 Å². The molecule has 0 amide bonds. The molecular formula is C15H23N3O2. The minimum Gasteiger partial charge on any atom is -0.389 e. The molecule has 20 heavy (non-hydrogen) atoms. The van der Waals surface area contributed by atoms with Gasteiger partial charge in [0.2, 0.25) is 0 Å². The number of nitrogens with zero attached hydrogens (tertiary/aromatic N) is 3. The molecule has 1 unspecified atom stereocenters. The fourth-order valence-electron chi connectivity index (χ4n) is 2.34. The van der Waals surface area contributed by atoms with Crippen molar-refractivity contribution in [3.8, 4) is 0 Å². The van der Waals surface area contributed by atoms with Crippen LogP contribution in [0.15, 0.2) is 37.1 Å². The number of aliphatic hydroxyl groups is 1. The van der Waals surface area contributed by atoms with E-state index in [1.165, 1.54) is 0 Å². The predicted molar refractivity (Wildman–Crippen MR) is 79.9 cm³/mol. The van der Waals surface area contributed by atoms with Gasteiger partial charge in [0.15, 0.2) is 0 Å². The maximum absolute atomic E-state index is 9.88. The van der Waals surface area contributed by atoms with Crippen molar-refractivity contribution in [3.05, 3.63) is 37.1 Å². The average molecular weight is 277 g/mol. The summed E-state index contributed by atoms with van der Waals surface area (Å²) in [5, 5.41) is 9.88. The minimum absolute atomic E-state index is 0.368. The zero-order valence-electron chi connectivity index (χ0n) is 11.8. The lowest BCUT2D eigenvalue weighted by molar-refractivity contribution is 0.0252. The number of anilines is 1. The first kappa shape index (κ1) is 15.0. The third-order valence-electron chi connectivity index (χ3n) is 3.36. The second-order valence-electron chi connectivity index (χ2n) is 4.96. The van der Waals surface area contributed by atoms with Gasteiger partial charge in [-0.2, -0.15) is 0 Å². The minimum atomic E-state index is -0.434. The van der Waals surface area contributed by atoms with Crippen LogP contribution in [0.2, 0.25) is 0 Å². The second kappa shape index (κ2) is 7.99. The summed E-state index contributed by atoms with van der Waals surface area (Å²) in [6.45, 7) is 8.86. The molecule has 1 aliphatic rings. The molecule has 1 N–H and O–H groups in total. The predicted octanol–water partition coefficient (Wildman–Crippen LogP) is 0.767. The van der Waals surface area contributed by atoms with Crippen LogP contribution in [-0.2, 0) is 4.74 Å². The lowest BCUT2D eigenvalue weighted by Gasteiger charge is -2.36. The summed E-state index contributed by atoms with van der Waals surface area (Å²) in [5.74, 6) is 1.03. The standard InChI is InChI=1S/C15H23N3O2/c1-2-11-20-13-14(19)12-17-7-9-18(10-8-17)15-5-3-4-6-16-15/h2-6,14,19H,1,7-13H2. The highest BCUT2D eigenvalue weighted by molar-refractivity contribution is 5.38. The Morgan fingerprint density at radius 3 is 2.80 bits per heavy atom. The Balaban J connectivity index is 1.70. The summed E-state index contributed by atoms with van der Waals surface area (Å²) in [5.41, 5.74) is 0. The lowest BCUT2D eigenvalue weighted by Crippen LogP contribution is -2.49. The van der Waals surface area contributed by atoms with Gasteiger partial charge in [-0.3, -0.25) is 4.90 Å². The molecule has 1 fully saturated rings. The molecule has 0 spiro atoms.